The Kier molecular flexibility index (Phi) is 4.79. The smallest absolute Gasteiger partial charge is 0.311 e. The van der Waals surface area contributed by atoms with Gasteiger partial charge in [0.1, 0.15) is 0 Å². The number of rotatable bonds is 4. The van der Waals surface area contributed by atoms with Crippen LogP contribution in [0.15, 0.2) is 24.3 Å². The van der Waals surface area contributed by atoms with Gasteiger partial charge in [-0.05, 0) is 30.5 Å². The van der Waals surface area contributed by atoms with E-state index in [0.717, 1.165) is 17.7 Å². The molecule has 1 rings (SSSR count). The number of alkyl halides is 3. The van der Waals surface area contributed by atoms with E-state index < -0.39 is 11.7 Å². The highest BCUT2D eigenvalue weighted by Crippen LogP contribution is 2.30. The van der Waals surface area contributed by atoms with Gasteiger partial charge in [0.2, 0.25) is 0 Å². The van der Waals surface area contributed by atoms with Crippen molar-refractivity contribution in [3.63, 3.8) is 0 Å². The maximum Gasteiger partial charge on any atom is 0.416 e. The lowest BCUT2D eigenvalue weighted by Crippen LogP contribution is -2.36. The molecule has 0 aromatic heterocycles. The molecule has 0 saturated heterocycles. The molecule has 1 aromatic carbocycles. The van der Waals surface area contributed by atoms with Gasteiger partial charge in [-0.15, -0.1) is 0 Å². The lowest BCUT2D eigenvalue weighted by Gasteiger charge is -2.24. The summed E-state index contributed by atoms with van der Waals surface area (Å²) in [7, 11) is 0. The van der Waals surface area contributed by atoms with Crippen LogP contribution < -0.4 is 5.32 Å². The van der Waals surface area contributed by atoms with Crippen LogP contribution in [-0.2, 0) is 6.18 Å². The number of halogens is 3. The number of nitrogens with one attached hydrogen (secondary N) is 1. The Labute approximate surface area is 106 Å². The van der Waals surface area contributed by atoms with Crippen molar-refractivity contribution in [1.29, 1.82) is 0 Å². The molecule has 0 bridgehead atoms. The van der Waals surface area contributed by atoms with E-state index in [-0.39, 0.29) is 12.0 Å². The van der Waals surface area contributed by atoms with Crippen LogP contribution in [0.4, 0.5) is 13.2 Å². The zero-order valence-electron chi connectivity index (χ0n) is 11.2. The zero-order chi connectivity index (χ0) is 13.9. The van der Waals surface area contributed by atoms with Crippen LogP contribution >= 0.6 is 0 Å². The molecule has 2 unspecified atom stereocenters. The third kappa shape index (κ3) is 4.02. The van der Waals surface area contributed by atoms with Crippen molar-refractivity contribution in [2.45, 2.75) is 51.9 Å². The lowest BCUT2D eigenvalue weighted by molar-refractivity contribution is -0.137. The molecule has 0 radical (unpaired) electrons. The Bertz CT molecular complexity index is 368. The maximum atomic E-state index is 12.4. The fraction of sp³-hybridized carbons (Fsp3) is 0.571. The Morgan fingerprint density at radius 1 is 0.944 bits per heavy atom. The summed E-state index contributed by atoms with van der Waals surface area (Å²) in [5.41, 5.74) is 0.326. The molecule has 2 atom stereocenters. The Hall–Kier alpha value is -1.03. The van der Waals surface area contributed by atoms with Crippen molar-refractivity contribution in [2.24, 2.45) is 0 Å². The van der Waals surface area contributed by atoms with Gasteiger partial charge in [-0.25, -0.2) is 0 Å². The second-order valence-corrected chi connectivity index (χ2v) is 5.02. The monoisotopic (exact) mass is 259 g/mol. The van der Waals surface area contributed by atoms with Gasteiger partial charge in [0, 0.05) is 12.1 Å². The van der Waals surface area contributed by atoms with E-state index in [1.807, 2.05) is 13.8 Å². The molecule has 4 heteroatoms. The Morgan fingerprint density at radius 2 is 1.44 bits per heavy atom. The molecular weight excluding hydrogens is 239 g/mol. The van der Waals surface area contributed by atoms with E-state index >= 15 is 0 Å². The van der Waals surface area contributed by atoms with Gasteiger partial charge in [0.25, 0.3) is 0 Å². The van der Waals surface area contributed by atoms with E-state index in [2.05, 4.69) is 19.2 Å². The molecule has 1 nitrogen and oxygen atoms in total. The highest BCUT2D eigenvalue weighted by molar-refractivity contribution is 5.27. The summed E-state index contributed by atoms with van der Waals surface area (Å²) in [6.45, 7) is 8.16. The third-order valence-electron chi connectivity index (χ3n) is 3.11. The maximum absolute atomic E-state index is 12.4. The summed E-state index contributed by atoms with van der Waals surface area (Å²) >= 11 is 0. The van der Waals surface area contributed by atoms with Gasteiger partial charge in [-0.2, -0.15) is 13.2 Å². The second kappa shape index (κ2) is 5.74. The van der Waals surface area contributed by atoms with Crippen LogP contribution in [0.25, 0.3) is 0 Å². The SMILES string of the molecule is CC(C)NC(C)C(C)c1ccc(C(F)(F)F)cc1. The van der Waals surface area contributed by atoms with Gasteiger partial charge < -0.3 is 5.32 Å². The van der Waals surface area contributed by atoms with Crippen molar-refractivity contribution in [3.8, 4) is 0 Å². The predicted molar refractivity (Wildman–Crippen MR) is 67.6 cm³/mol. The van der Waals surface area contributed by atoms with Crippen LogP contribution in [0.3, 0.4) is 0 Å². The first kappa shape index (κ1) is 15.0. The Morgan fingerprint density at radius 3 is 1.83 bits per heavy atom. The molecule has 0 aliphatic heterocycles. The second-order valence-electron chi connectivity index (χ2n) is 5.02. The number of benzene rings is 1. The quantitative estimate of drug-likeness (QED) is 0.854. The minimum Gasteiger partial charge on any atom is -0.311 e. The van der Waals surface area contributed by atoms with Crippen molar-refractivity contribution in [1.82, 2.24) is 5.32 Å². The van der Waals surface area contributed by atoms with Gasteiger partial charge >= 0.3 is 6.18 Å². The van der Waals surface area contributed by atoms with Crippen LogP contribution in [0.5, 0.6) is 0 Å². The summed E-state index contributed by atoms with van der Waals surface area (Å²) < 4.78 is 37.3. The van der Waals surface area contributed by atoms with Crippen LogP contribution in [0, 0.1) is 0 Å². The molecule has 0 aliphatic carbocycles. The van der Waals surface area contributed by atoms with Gasteiger partial charge in [0.05, 0.1) is 5.56 Å². The summed E-state index contributed by atoms with van der Waals surface area (Å²) in [6, 6.07) is 6.00. The number of hydrogen-bond donors (Lipinski definition) is 1. The Balaban J connectivity index is 2.79. The average Bonchev–Trinajstić information content (AvgIpc) is 2.26. The lowest BCUT2D eigenvalue weighted by atomic mass is 9.93. The van der Waals surface area contributed by atoms with Crippen LogP contribution in [0.2, 0.25) is 0 Å². The molecule has 0 heterocycles. The van der Waals surface area contributed by atoms with Crippen LogP contribution in [-0.4, -0.2) is 12.1 Å². The standard InChI is InChI=1S/C14H20F3N/c1-9(2)18-11(4)10(3)12-5-7-13(8-6-12)14(15,16)17/h5-11,18H,1-4H3. The predicted octanol–water partition coefficient (Wildman–Crippen LogP) is 4.20. The highest BCUT2D eigenvalue weighted by Gasteiger charge is 2.30. The highest BCUT2D eigenvalue weighted by atomic mass is 19.4. The fourth-order valence-electron chi connectivity index (χ4n) is 1.93. The molecule has 1 N–H and O–H groups in total. The summed E-state index contributed by atoms with van der Waals surface area (Å²) in [4.78, 5) is 0. The average molecular weight is 259 g/mol. The molecule has 0 spiro atoms. The molecular formula is C14H20F3N. The van der Waals surface area contributed by atoms with E-state index in [1.54, 1.807) is 12.1 Å². The topological polar surface area (TPSA) is 12.0 Å². The van der Waals surface area contributed by atoms with E-state index in [0.29, 0.717) is 6.04 Å². The van der Waals surface area contributed by atoms with E-state index in [4.69, 9.17) is 0 Å². The minimum atomic E-state index is -4.26. The van der Waals surface area contributed by atoms with Gasteiger partial charge in [0.15, 0.2) is 0 Å². The summed E-state index contributed by atoms with van der Waals surface area (Å²) in [5, 5.41) is 3.36. The van der Waals surface area contributed by atoms with Gasteiger partial charge in [-0.1, -0.05) is 32.9 Å². The van der Waals surface area contributed by atoms with E-state index in [9.17, 15) is 13.2 Å². The van der Waals surface area contributed by atoms with Crippen molar-refractivity contribution in [2.75, 3.05) is 0 Å². The van der Waals surface area contributed by atoms with Crippen LogP contribution in [0.1, 0.15) is 44.7 Å². The normalized spacial score (nSPS) is 15.8. The largest absolute Gasteiger partial charge is 0.416 e. The molecule has 0 amide bonds. The molecule has 0 fully saturated rings. The molecule has 102 valence electrons. The summed E-state index contributed by atoms with van der Waals surface area (Å²) in [6.07, 6.45) is -4.26. The number of hydrogen-bond acceptors (Lipinski definition) is 1. The first-order valence-electron chi connectivity index (χ1n) is 6.15. The zero-order valence-corrected chi connectivity index (χ0v) is 11.2. The minimum absolute atomic E-state index is 0.176. The first-order valence-corrected chi connectivity index (χ1v) is 6.15. The van der Waals surface area contributed by atoms with E-state index in [1.165, 1.54) is 0 Å². The van der Waals surface area contributed by atoms with Gasteiger partial charge in [-0.3, -0.25) is 0 Å². The molecule has 0 aliphatic rings. The van der Waals surface area contributed by atoms with Crippen molar-refractivity contribution in [3.05, 3.63) is 35.4 Å². The first-order chi connectivity index (χ1) is 8.21. The van der Waals surface area contributed by atoms with Crippen molar-refractivity contribution < 1.29 is 13.2 Å². The van der Waals surface area contributed by atoms with Crippen molar-refractivity contribution >= 4 is 0 Å². The fourth-order valence-corrected chi connectivity index (χ4v) is 1.93. The molecule has 0 saturated carbocycles. The molecule has 1 aromatic rings. The summed E-state index contributed by atoms with van der Waals surface area (Å²) in [5.74, 6) is 0.176. The third-order valence-corrected chi connectivity index (χ3v) is 3.11. The molecule has 18 heavy (non-hydrogen) atoms.